The summed E-state index contributed by atoms with van der Waals surface area (Å²) in [7, 11) is -0.855. The fourth-order valence-electron chi connectivity index (χ4n) is 3.86. The van der Waals surface area contributed by atoms with Crippen molar-refractivity contribution in [3.05, 3.63) is 42.0 Å². The lowest BCUT2D eigenvalue weighted by molar-refractivity contribution is -0.119. The Labute approximate surface area is 177 Å². The minimum atomic E-state index is -3.85. The van der Waals surface area contributed by atoms with Gasteiger partial charge in [0, 0.05) is 29.6 Å². The number of ether oxygens (including phenoxy) is 2. The molecule has 1 aliphatic carbocycles. The van der Waals surface area contributed by atoms with Gasteiger partial charge in [-0.05, 0) is 48.7 Å². The van der Waals surface area contributed by atoms with Crippen LogP contribution < -0.4 is 19.1 Å². The molecule has 0 saturated heterocycles. The molecular formula is C22H26N2O5S. The molecule has 1 saturated carbocycles. The molecule has 1 aliphatic heterocycles. The number of anilines is 2. The minimum absolute atomic E-state index is 0.111. The van der Waals surface area contributed by atoms with Crippen LogP contribution in [-0.2, 0) is 20.2 Å². The summed E-state index contributed by atoms with van der Waals surface area (Å²) in [5.41, 5.74) is 1.66. The van der Waals surface area contributed by atoms with Gasteiger partial charge in [-0.3, -0.25) is 9.52 Å². The molecule has 0 aromatic heterocycles. The maximum atomic E-state index is 13.1. The number of fused-ring (bicyclic) bond motifs is 1. The Morgan fingerprint density at radius 2 is 1.83 bits per heavy atom. The summed E-state index contributed by atoms with van der Waals surface area (Å²) < 4.78 is 39.2. The van der Waals surface area contributed by atoms with E-state index in [0.29, 0.717) is 23.7 Å². The molecule has 2 aliphatic rings. The van der Waals surface area contributed by atoms with Crippen LogP contribution in [0.5, 0.6) is 11.5 Å². The third-order valence-electron chi connectivity index (χ3n) is 5.70. The standard InChI is InChI=1S/C22H26N2O5S/c1-22(2)13-24(21(25)14-5-6-14)19-10-8-16(12-17(19)22)30(26,27)23-18-9-7-15(28-3)11-20(18)29-4/h7-12,14,23H,5-6,13H2,1-4H3. The van der Waals surface area contributed by atoms with Gasteiger partial charge >= 0.3 is 0 Å². The number of carbonyl (C=O) groups is 1. The van der Waals surface area contributed by atoms with E-state index in [1.165, 1.54) is 14.2 Å². The van der Waals surface area contributed by atoms with Crippen LogP contribution in [0.4, 0.5) is 11.4 Å². The van der Waals surface area contributed by atoms with Crippen molar-refractivity contribution in [2.75, 3.05) is 30.4 Å². The largest absolute Gasteiger partial charge is 0.497 e. The summed E-state index contributed by atoms with van der Waals surface area (Å²) in [5, 5.41) is 0. The summed E-state index contributed by atoms with van der Waals surface area (Å²) in [4.78, 5) is 14.6. The van der Waals surface area contributed by atoms with E-state index in [9.17, 15) is 13.2 Å². The van der Waals surface area contributed by atoms with E-state index in [0.717, 1.165) is 24.1 Å². The first-order valence-electron chi connectivity index (χ1n) is 9.87. The molecule has 0 atom stereocenters. The zero-order valence-electron chi connectivity index (χ0n) is 17.6. The van der Waals surface area contributed by atoms with Gasteiger partial charge in [0.2, 0.25) is 5.91 Å². The lowest BCUT2D eigenvalue weighted by atomic mass is 9.87. The Morgan fingerprint density at radius 3 is 2.47 bits per heavy atom. The van der Waals surface area contributed by atoms with Gasteiger partial charge in [0.1, 0.15) is 11.5 Å². The van der Waals surface area contributed by atoms with E-state index in [-0.39, 0.29) is 22.1 Å². The predicted molar refractivity (Wildman–Crippen MR) is 115 cm³/mol. The van der Waals surface area contributed by atoms with Gasteiger partial charge < -0.3 is 14.4 Å². The van der Waals surface area contributed by atoms with Crippen LogP contribution in [0.3, 0.4) is 0 Å². The van der Waals surface area contributed by atoms with Crippen LogP contribution in [0.1, 0.15) is 32.3 Å². The molecule has 1 fully saturated rings. The molecule has 1 heterocycles. The zero-order valence-corrected chi connectivity index (χ0v) is 18.4. The first kappa shape index (κ1) is 20.5. The fraction of sp³-hybridized carbons (Fsp3) is 0.409. The van der Waals surface area contributed by atoms with Crippen molar-refractivity contribution in [3.8, 4) is 11.5 Å². The van der Waals surface area contributed by atoms with E-state index >= 15 is 0 Å². The Kier molecular flexibility index (Phi) is 4.92. The van der Waals surface area contributed by atoms with E-state index in [1.807, 2.05) is 18.7 Å². The summed E-state index contributed by atoms with van der Waals surface area (Å²) in [5.74, 6) is 1.17. The quantitative estimate of drug-likeness (QED) is 0.758. The third kappa shape index (κ3) is 3.60. The molecule has 30 heavy (non-hydrogen) atoms. The summed E-state index contributed by atoms with van der Waals surface area (Å²) in [6.45, 7) is 4.62. The van der Waals surface area contributed by atoms with Crippen LogP contribution in [0.25, 0.3) is 0 Å². The lowest BCUT2D eigenvalue weighted by Gasteiger charge is -2.20. The highest BCUT2D eigenvalue weighted by molar-refractivity contribution is 7.92. The van der Waals surface area contributed by atoms with Crippen LogP contribution in [0, 0.1) is 5.92 Å². The first-order valence-corrected chi connectivity index (χ1v) is 11.4. The number of nitrogens with one attached hydrogen (secondary N) is 1. The van der Waals surface area contributed by atoms with Crippen molar-refractivity contribution in [2.24, 2.45) is 5.92 Å². The number of benzene rings is 2. The molecule has 2 aromatic carbocycles. The fourth-order valence-corrected chi connectivity index (χ4v) is 4.96. The van der Waals surface area contributed by atoms with E-state index < -0.39 is 10.0 Å². The maximum Gasteiger partial charge on any atom is 0.262 e. The lowest BCUT2D eigenvalue weighted by Crippen LogP contribution is -2.34. The number of carbonyl (C=O) groups excluding carboxylic acids is 1. The normalized spacial score (nSPS) is 17.4. The molecule has 0 bridgehead atoms. The van der Waals surface area contributed by atoms with Crippen LogP contribution >= 0.6 is 0 Å². The molecule has 8 heteroatoms. The number of methoxy groups -OCH3 is 2. The van der Waals surface area contributed by atoms with Crippen molar-refractivity contribution >= 4 is 27.3 Å². The van der Waals surface area contributed by atoms with Gasteiger partial charge in [-0.25, -0.2) is 8.42 Å². The van der Waals surface area contributed by atoms with Gasteiger partial charge in [-0.15, -0.1) is 0 Å². The topological polar surface area (TPSA) is 84.9 Å². The van der Waals surface area contributed by atoms with Gasteiger partial charge in [0.05, 0.1) is 24.8 Å². The van der Waals surface area contributed by atoms with Gasteiger partial charge in [-0.1, -0.05) is 13.8 Å². The maximum absolute atomic E-state index is 13.1. The highest BCUT2D eigenvalue weighted by atomic mass is 32.2. The molecule has 2 aromatic rings. The average Bonchev–Trinajstić information content (AvgIpc) is 3.53. The third-order valence-corrected chi connectivity index (χ3v) is 7.06. The molecule has 7 nitrogen and oxygen atoms in total. The number of rotatable bonds is 6. The predicted octanol–water partition coefficient (Wildman–Crippen LogP) is 3.54. The van der Waals surface area contributed by atoms with Crippen molar-refractivity contribution in [1.29, 1.82) is 0 Å². The summed E-state index contributed by atoms with van der Waals surface area (Å²) in [6, 6.07) is 9.84. The Hall–Kier alpha value is -2.74. The van der Waals surface area contributed by atoms with E-state index in [1.54, 1.807) is 36.4 Å². The van der Waals surface area contributed by atoms with Crippen LogP contribution in [0.15, 0.2) is 41.3 Å². The number of hydrogen-bond donors (Lipinski definition) is 1. The summed E-state index contributed by atoms with van der Waals surface area (Å²) >= 11 is 0. The van der Waals surface area contributed by atoms with E-state index in [4.69, 9.17) is 9.47 Å². The SMILES string of the molecule is COc1ccc(NS(=O)(=O)c2ccc3c(c2)C(C)(C)CN3C(=O)C2CC2)c(OC)c1. The number of hydrogen-bond acceptors (Lipinski definition) is 5. The molecule has 160 valence electrons. The number of amides is 1. The second-order valence-electron chi connectivity index (χ2n) is 8.43. The molecule has 0 spiro atoms. The van der Waals surface area contributed by atoms with Crippen LogP contribution in [0.2, 0.25) is 0 Å². The van der Waals surface area contributed by atoms with Gasteiger partial charge in [-0.2, -0.15) is 0 Å². The zero-order chi connectivity index (χ0) is 21.7. The Balaban J connectivity index is 1.67. The highest BCUT2D eigenvalue weighted by Gasteiger charge is 2.43. The van der Waals surface area contributed by atoms with E-state index in [2.05, 4.69) is 4.72 Å². The van der Waals surface area contributed by atoms with Gasteiger partial charge in [0.25, 0.3) is 10.0 Å². The highest BCUT2D eigenvalue weighted by Crippen LogP contribution is 2.44. The second-order valence-corrected chi connectivity index (χ2v) is 10.1. The van der Waals surface area contributed by atoms with Crippen molar-refractivity contribution in [3.63, 3.8) is 0 Å². The van der Waals surface area contributed by atoms with Crippen molar-refractivity contribution < 1.29 is 22.7 Å². The molecule has 1 amide bonds. The molecule has 1 N–H and O–H groups in total. The Morgan fingerprint density at radius 1 is 1.10 bits per heavy atom. The molecule has 0 radical (unpaired) electrons. The second kappa shape index (κ2) is 7.19. The smallest absolute Gasteiger partial charge is 0.262 e. The molecule has 0 unspecified atom stereocenters. The summed E-state index contributed by atoms with van der Waals surface area (Å²) in [6.07, 6.45) is 1.87. The van der Waals surface area contributed by atoms with Gasteiger partial charge in [0.15, 0.2) is 0 Å². The monoisotopic (exact) mass is 430 g/mol. The van der Waals surface area contributed by atoms with Crippen LogP contribution in [-0.4, -0.2) is 35.1 Å². The Bertz CT molecular complexity index is 1110. The van der Waals surface area contributed by atoms with Crippen molar-refractivity contribution in [2.45, 2.75) is 37.0 Å². The average molecular weight is 431 g/mol. The minimum Gasteiger partial charge on any atom is -0.497 e. The molecule has 4 rings (SSSR count). The number of sulfonamides is 1. The van der Waals surface area contributed by atoms with Crippen molar-refractivity contribution in [1.82, 2.24) is 0 Å². The first-order chi connectivity index (χ1) is 14.2. The molecular weight excluding hydrogens is 404 g/mol. The number of nitrogens with zero attached hydrogens (tertiary/aromatic N) is 1.